The number of ether oxygens (including phenoxy) is 1. The largest absolute Gasteiger partial charge is 0.574 e. The zero-order valence-corrected chi connectivity index (χ0v) is 14.6. The highest BCUT2D eigenvalue weighted by Crippen LogP contribution is 2.32. The highest BCUT2D eigenvalue weighted by Gasteiger charge is 2.34. The van der Waals surface area contributed by atoms with E-state index in [1.165, 1.54) is 17.0 Å². The Labute approximate surface area is 157 Å². The molecule has 142 valence electrons. The van der Waals surface area contributed by atoms with Crippen LogP contribution in [-0.2, 0) is 4.79 Å². The highest BCUT2D eigenvalue weighted by atomic mass is 35.5. The van der Waals surface area contributed by atoms with Crippen molar-refractivity contribution < 1.29 is 27.9 Å². The van der Waals surface area contributed by atoms with Gasteiger partial charge in [0.25, 0.3) is 5.88 Å². The van der Waals surface area contributed by atoms with Gasteiger partial charge in [0.15, 0.2) is 10.8 Å². The van der Waals surface area contributed by atoms with E-state index in [-0.39, 0.29) is 32.5 Å². The third kappa shape index (κ3) is 3.86. The van der Waals surface area contributed by atoms with Gasteiger partial charge in [-0.15, -0.1) is 13.2 Å². The lowest BCUT2D eigenvalue weighted by molar-refractivity contribution is -0.276. The van der Waals surface area contributed by atoms with Gasteiger partial charge in [-0.3, -0.25) is 14.6 Å². The molecule has 1 amide bonds. The Morgan fingerprint density at radius 1 is 1.26 bits per heavy atom. The molecule has 0 unspecified atom stereocenters. The van der Waals surface area contributed by atoms with Crippen molar-refractivity contribution in [3.05, 3.63) is 28.9 Å². The number of amides is 1. The zero-order valence-electron chi connectivity index (χ0n) is 13.1. The summed E-state index contributed by atoms with van der Waals surface area (Å²) in [7, 11) is 0. The lowest BCUT2D eigenvalue weighted by Crippen LogP contribution is -2.27. The summed E-state index contributed by atoms with van der Waals surface area (Å²) in [5.41, 5.74) is -0.401. The van der Waals surface area contributed by atoms with E-state index >= 15 is 0 Å². The fourth-order valence-electron chi connectivity index (χ4n) is 2.08. The van der Waals surface area contributed by atoms with Crippen molar-refractivity contribution in [2.24, 2.45) is 0 Å². The summed E-state index contributed by atoms with van der Waals surface area (Å²) in [5, 5.41) is 9.36. The molecule has 0 spiro atoms. The van der Waals surface area contributed by atoms with Gasteiger partial charge in [-0.2, -0.15) is 15.0 Å². The first-order chi connectivity index (χ1) is 12.6. The number of halogens is 5. The Kier molecular flexibility index (Phi) is 4.80. The molecule has 0 aliphatic rings. The Morgan fingerprint density at radius 3 is 2.59 bits per heavy atom. The van der Waals surface area contributed by atoms with Crippen LogP contribution in [0.1, 0.15) is 6.92 Å². The van der Waals surface area contributed by atoms with Gasteiger partial charge in [0.2, 0.25) is 11.2 Å². The lowest BCUT2D eigenvalue weighted by atomic mass is 10.3. The molecular formula is C13H7Cl2F3N6O3. The summed E-state index contributed by atoms with van der Waals surface area (Å²) >= 11 is 11.6. The average molecular weight is 423 g/mol. The van der Waals surface area contributed by atoms with Crippen LogP contribution in [-0.4, -0.2) is 42.0 Å². The summed E-state index contributed by atoms with van der Waals surface area (Å²) < 4.78 is 43.1. The average Bonchev–Trinajstić information content (AvgIpc) is 2.96. The highest BCUT2D eigenvalue weighted by molar-refractivity contribution is 6.35. The van der Waals surface area contributed by atoms with Crippen LogP contribution in [0.25, 0.3) is 17.0 Å². The van der Waals surface area contributed by atoms with Crippen LogP contribution in [0.4, 0.5) is 18.9 Å². The van der Waals surface area contributed by atoms with Crippen molar-refractivity contribution in [2.45, 2.75) is 13.3 Å². The predicted molar refractivity (Wildman–Crippen MR) is 86.1 cm³/mol. The SMILES string of the molecule is CC(=O)N(O)c1ccc(-n2cnc3c(Cl)nc(Cl)nc32)nc1OC(F)(F)F. The van der Waals surface area contributed by atoms with Crippen molar-refractivity contribution in [3.63, 3.8) is 0 Å². The molecule has 0 saturated heterocycles. The predicted octanol–water partition coefficient (Wildman–Crippen LogP) is 3.16. The number of fused-ring (bicyclic) bond motifs is 1. The van der Waals surface area contributed by atoms with Crippen LogP contribution < -0.4 is 9.80 Å². The summed E-state index contributed by atoms with van der Waals surface area (Å²) in [4.78, 5) is 26.5. The number of aromatic nitrogens is 5. The second-order valence-electron chi connectivity index (χ2n) is 4.94. The number of nitrogens with zero attached hydrogens (tertiary/aromatic N) is 6. The van der Waals surface area contributed by atoms with Gasteiger partial charge in [-0.25, -0.2) is 9.97 Å². The zero-order chi connectivity index (χ0) is 19.9. The molecule has 0 aromatic carbocycles. The summed E-state index contributed by atoms with van der Waals surface area (Å²) in [6.07, 6.45) is -3.94. The molecule has 9 nitrogen and oxygen atoms in total. The first-order valence-electron chi connectivity index (χ1n) is 6.89. The molecule has 3 heterocycles. The number of carbonyl (C=O) groups excluding carboxylic acids is 1. The maximum atomic E-state index is 12.7. The van der Waals surface area contributed by atoms with E-state index in [1.807, 2.05) is 0 Å². The molecule has 0 fully saturated rings. The first kappa shape index (κ1) is 19.1. The Bertz CT molecular complexity index is 1040. The lowest BCUT2D eigenvalue weighted by Gasteiger charge is -2.18. The molecule has 0 radical (unpaired) electrons. The molecule has 0 aliphatic heterocycles. The number of imidazole rings is 1. The van der Waals surface area contributed by atoms with Gasteiger partial charge in [-0.1, -0.05) is 11.6 Å². The van der Waals surface area contributed by atoms with Gasteiger partial charge >= 0.3 is 6.36 Å². The second kappa shape index (κ2) is 6.79. The smallest absolute Gasteiger partial charge is 0.385 e. The minimum atomic E-state index is -5.12. The number of alkyl halides is 3. The van der Waals surface area contributed by atoms with Crippen molar-refractivity contribution in [2.75, 3.05) is 5.06 Å². The molecule has 3 aromatic heterocycles. The molecule has 3 rings (SSSR count). The van der Waals surface area contributed by atoms with E-state index < -0.39 is 23.8 Å². The quantitative estimate of drug-likeness (QED) is 0.299. The van der Waals surface area contributed by atoms with Crippen LogP contribution >= 0.6 is 23.2 Å². The number of anilines is 1. The molecule has 1 N–H and O–H groups in total. The van der Waals surface area contributed by atoms with Gasteiger partial charge in [0.05, 0.1) is 0 Å². The normalized spacial score (nSPS) is 11.7. The third-order valence-electron chi connectivity index (χ3n) is 3.14. The van der Waals surface area contributed by atoms with Crippen LogP contribution in [0.3, 0.4) is 0 Å². The standard InChI is InChI=1S/C13H7Cl2F3N6O3/c1-5(25)24(26)6-2-3-7(20-11(6)27-13(16,17)18)23-4-19-8-9(14)21-12(15)22-10(8)23/h2-4,26H,1H3. The fraction of sp³-hybridized carbons (Fsp3) is 0.154. The van der Waals surface area contributed by atoms with Crippen LogP contribution in [0, 0.1) is 0 Å². The third-order valence-corrected chi connectivity index (χ3v) is 3.57. The number of rotatable bonds is 3. The summed E-state index contributed by atoms with van der Waals surface area (Å²) in [5.74, 6) is -2.13. The Balaban J connectivity index is 2.17. The van der Waals surface area contributed by atoms with Crippen LogP contribution in [0.5, 0.6) is 5.88 Å². The molecule has 0 saturated carbocycles. The Morgan fingerprint density at radius 2 is 1.96 bits per heavy atom. The number of hydrogen-bond donors (Lipinski definition) is 1. The van der Waals surface area contributed by atoms with E-state index in [1.54, 1.807) is 0 Å². The second-order valence-corrected chi connectivity index (χ2v) is 5.64. The van der Waals surface area contributed by atoms with Gasteiger partial charge in [-0.05, 0) is 23.7 Å². The van der Waals surface area contributed by atoms with Crippen molar-refractivity contribution >= 4 is 46.0 Å². The molecule has 0 atom stereocenters. The minimum Gasteiger partial charge on any atom is -0.385 e. The maximum Gasteiger partial charge on any atom is 0.574 e. The number of pyridine rings is 1. The minimum absolute atomic E-state index is 0.0280. The van der Waals surface area contributed by atoms with Crippen LogP contribution in [0.15, 0.2) is 18.5 Å². The van der Waals surface area contributed by atoms with E-state index in [9.17, 15) is 23.2 Å². The molecule has 0 bridgehead atoms. The first-order valence-corrected chi connectivity index (χ1v) is 7.65. The summed E-state index contributed by atoms with van der Waals surface area (Å²) in [6.45, 7) is 0.940. The van der Waals surface area contributed by atoms with Gasteiger partial charge < -0.3 is 4.74 Å². The Hall–Kier alpha value is -2.70. The van der Waals surface area contributed by atoms with Crippen molar-refractivity contribution in [1.29, 1.82) is 0 Å². The molecule has 0 aliphatic carbocycles. The monoisotopic (exact) mass is 422 g/mol. The molecular weight excluding hydrogens is 416 g/mol. The van der Waals surface area contributed by atoms with Crippen molar-refractivity contribution in [1.82, 2.24) is 24.5 Å². The molecule has 27 heavy (non-hydrogen) atoms. The fourth-order valence-corrected chi connectivity index (χ4v) is 2.50. The molecule has 14 heteroatoms. The number of hydrogen-bond acceptors (Lipinski definition) is 7. The van der Waals surface area contributed by atoms with Crippen LogP contribution in [0.2, 0.25) is 10.4 Å². The number of carbonyl (C=O) groups is 1. The van der Waals surface area contributed by atoms with E-state index in [4.69, 9.17) is 23.2 Å². The van der Waals surface area contributed by atoms with E-state index in [0.29, 0.717) is 0 Å². The summed E-state index contributed by atoms with van der Waals surface area (Å²) in [6, 6.07) is 2.21. The maximum absolute atomic E-state index is 12.7. The molecule has 3 aromatic rings. The van der Waals surface area contributed by atoms with Gasteiger partial charge in [0.1, 0.15) is 23.3 Å². The van der Waals surface area contributed by atoms with Gasteiger partial charge in [0, 0.05) is 6.92 Å². The van der Waals surface area contributed by atoms with Crippen molar-refractivity contribution in [3.8, 4) is 11.7 Å². The van der Waals surface area contributed by atoms with E-state index in [2.05, 4.69) is 24.7 Å². The van der Waals surface area contributed by atoms with E-state index in [0.717, 1.165) is 13.0 Å². The number of hydroxylamine groups is 1. The topological polar surface area (TPSA) is 106 Å².